The van der Waals surface area contributed by atoms with Gasteiger partial charge in [0, 0.05) is 13.1 Å². The van der Waals surface area contributed by atoms with Gasteiger partial charge in [0.05, 0.1) is 22.8 Å². The highest BCUT2D eigenvalue weighted by atomic mass is 35.5. The average molecular weight is 279 g/mol. The number of aliphatic imine (C=N–C) groups is 1. The summed E-state index contributed by atoms with van der Waals surface area (Å²) in [7, 11) is 2.16. The molecule has 2 aliphatic heterocycles. The number of para-hydroxylation sites is 1. The van der Waals surface area contributed by atoms with E-state index in [0.717, 1.165) is 43.2 Å². The smallest absolute Gasteiger partial charge is 0.196 e. The Kier molecular flexibility index (Phi) is 3.15. The summed E-state index contributed by atoms with van der Waals surface area (Å²) in [6.07, 6.45) is 2.14. The lowest BCUT2D eigenvalue weighted by atomic mass is 9.86. The third-order valence-corrected chi connectivity index (χ3v) is 4.57. The number of likely N-dealkylation sites (tertiary alicyclic amines) is 1. The molecular weight excluding hydrogens is 260 g/mol. The van der Waals surface area contributed by atoms with Crippen molar-refractivity contribution in [3.05, 3.63) is 29.3 Å². The molecule has 0 radical (unpaired) electrons. The molecule has 0 amide bonds. The van der Waals surface area contributed by atoms with Gasteiger partial charge in [0.2, 0.25) is 0 Å². The van der Waals surface area contributed by atoms with Gasteiger partial charge in [-0.05, 0) is 32.0 Å². The molecule has 1 spiro atoms. The van der Waals surface area contributed by atoms with Crippen LogP contribution in [-0.2, 0) is 0 Å². The van der Waals surface area contributed by atoms with Gasteiger partial charge >= 0.3 is 0 Å². The van der Waals surface area contributed by atoms with Crippen LogP contribution in [0, 0.1) is 0 Å². The first-order chi connectivity index (χ1) is 9.12. The van der Waals surface area contributed by atoms with Crippen molar-refractivity contribution >= 4 is 23.2 Å². The second-order valence-corrected chi connectivity index (χ2v) is 5.90. The number of rotatable bonds is 1. The van der Waals surface area contributed by atoms with E-state index in [1.807, 2.05) is 24.3 Å². The van der Waals surface area contributed by atoms with E-state index in [4.69, 9.17) is 17.3 Å². The number of benzene rings is 1. The largest absolute Gasteiger partial charge is 0.369 e. The molecule has 0 bridgehead atoms. The Morgan fingerprint density at radius 2 is 1.95 bits per heavy atom. The lowest BCUT2D eigenvalue weighted by Gasteiger charge is -2.44. The second-order valence-electron chi connectivity index (χ2n) is 5.49. The summed E-state index contributed by atoms with van der Waals surface area (Å²) in [4.78, 5) is 8.99. The minimum absolute atomic E-state index is 0.0155. The van der Waals surface area contributed by atoms with Crippen molar-refractivity contribution in [2.45, 2.75) is 18.4 Å². The zero-order chi connectivity index (χ0) is 13.5. The lowest BCUT2D eigenvalue weighted by Crippen LogP contribution is -2.57. The van der Waals surface area contributed by atoms with Crippen LogP contribution in [0.2, 0.25) is 5.02 Å². The normalized spacial score (nSPS) is 22.8. The summed E-state index contributed by atoms with van der Waals surface area (Å²) in [5.74, 6) is 0.595. The van der Waals surface area contributed by atoms with E-state index in [0.29, 0.717) is 5.96 Å². The zero-order valence-corrected chi connectivity index (χ0v) is 11.9. The second kappa shape index (κ2) is 4.69. The van der Waals surface area contributed by atoms with E-state index in [9.17, 15) is 0 Å². The lowest BCUT2D eigenvalue weighted by molar-refractivity contribution is 0.202. The molecule has 0 unspecified atom stereocenters. The average Bonchev–Trinajstić information content (AvgIpc) is 2.72. The molecule has 1 aromatic rings. The molecule has 4 nitrogen and oxygen atoms in total. The van der Waals surface area contributed by atoms with Gasteiger partial charge in [0.1, 0.15) is 0 Å². The van der Waals surface area contributed by atoms with Crippen LogP contribution in [0.4, 0.5) is 5.69 Å². The Hall–Kier alpha value is -1.26. The quantitative estimate of drug-likeness (QED) is 0.854. The summed E-state index contributed by atoms with van der Waals surface area (Å²) in [5.41, 5.74) is 7.12. The molecule has 0 atom stereocenters. The van der Waals surface area contributed by atoms with Crippen LogP contribution < -0.4 is 10.6 Å². The van der Waals surface area contributed by atoms with Crippen LogP contribution in [-0.4, -0.2) is 43.1 Å². The number of guanidine groups is 1. The summed E-state index contributed by atoms with van der Waals surface area (Å²) in [6, 6.07) is 7.87. The third kappa shape index (κ3) is 2.09. The van der Waals surface area contributed by atoms with E-state index in [1.54, 1.807) is 0 Å². The molecule has 0 saturated carbocycles. The Morgan fingerprint density at radius 1 is 1.26 bits per heavy atom. The number of halogens is 1. The summed E-state index contributed by atoms with van der Waals surface area (Å²) in [6.45, 7) is 2.92. The number of hydrogen-bond donors (Lipinski definition) is 1. The molecule has 0 aliphatic carbocycles. The van der Waals surface area contributed by atoms with E-state index >= 15 is 0 Å². The SMILES string of the molecule is CN1CCC2(CC1)CN=C(N)N2c1ccccc1Cl. The fourth-order valence-corrected chi connectivity index (χ4v) is 3.26. The van der Waals surface area contributed by atoms with Gasteiger partial charge in [0.25, 0.3) is 0 Å². The molecule has 19 heavy (non-hydrogen) atoms. The molecule has 3 rings (SSSR count). The van der Waals surface area contributed by atoms with Crippen molar-refractivity contribution in [2.75, 3.05) is 31.6 Å². The van der Waals surface area contributed by atoms with Crippen LogP contribution in [0.1, 0.15) is 12.8 Å². The standard InChI is InChI=1S/C14H19ClN4/c1-18-8-6-14(7-9-18)10-17-13(16)19(14)12-5-3-2-4-11(12)15/h2-5H,6-10H2,1H3,(H2,16,17). The van der Waals surface area contributed by atoms with Gasteiger partial charge < -0.3 is 15.5 Å². The van der Waals surface area contributed by atoms with E-state index in [1.165, 1.54) is 0 Å². The van der Waals surface area contributed by atoms with Gasteiger partial charge in [-0.2, -0.15) is 0 Å². The number of nitrogens with zero attached hydrogens (tertiary/aromatic N) is 3. The van der Waals surface area contributed by atoms with Crippen molar-refractivity contribution in [1.82, 2.24) is 4.90 Å². The molecule has 1 aromatic carbocycles. The van der Waals surface area contributed by atoms with Crippen LogP contribution in [0.3, 0.4) is 0 Å². The Balaban J connectivity index is 1.97. The van der Waals surface area contributed by atoms with Crippen molar-refractivity contribution in [3.8, 4) is 0 Å². The predicted molar refractivity (Wildman–Crippen MR) is 79.9 cm³/mol. The Morgan fingerprint density at radius 3 is 2.63 bits per heavy atom. The molecule has 1 fully saturated rings. The van der Waals surface area contributed by atoms with Gasteiger partial charge in [-0.3, -0.25) is 4.99 Å². The maximum absolute atomic E-state index is 6.34. The van der Waals surface area contributed by atoms with Gasteiger partial charge in [0.15, 0.2) is 5.96 Å². The highest BCUT2D eigenvalue weighted by Gasteiger charge is 2.45. The first-order valence-electron chi connectivity index (χ1n) is 6.66. The molecule has 2 N–H and O–H groups in total. The highest BCUT2D eigenvalue weighted by Crippen LogP contribution is 2.39. The van der Waals surface area contributed by atoms with Crippen molar-refractivity contribution in [1.29, 1.82) is 0 Å². The molecule has 1 saturated heterocycles. The minimum Gasteiger partial charge on any atom is -0.369 e. The van der Waals surface area contributed by atoms with E-state index in [-0.39, 0.29) is 5.54 Å². The molecular formula is C14H19ClN4. The zero-order valence-electron chi connectivity index (χ0n) is 11.1. The van der Waals surface area contributed by atoms with Crippen LogP contribution >= 0.6 is 11.6 Å². The van der Waals surface area contributed by atoms with Crippen molar-refractivity contribution < 1.29 is 0 Å². The van der Waals surface area contributed by atoms with Crippen LogP contribution in [0.5, 0.6) is 0 Å². The molecule has 102 valence electrons. The fourth-order valence-electron chi connectivity index (χ4n) is 3.04. The topological polar surface area (TPSA) is 44.9 Å². The van der Waals surface area contributed by atoms with Gasteiger partial charge in [-0.25, -0.2) is 0 Å². The van der Waals surface area contributed by atoms with Gasteiger partial charge in [-0.15, -0.1) is 0 Å². The maximum Gasteiger partial charge on any atom is 0.196 e. The first-order valence-corrected chi connectivity index (χ1v) is 7.03. The summed E-state index contributed by atoms with van der Waals surface area (Å²) in [5, 5.41) is 0.737. The summed E-state index contributed by atoms with van der Waals surface area (Å²) >= 11 is 6.34. The number of nitrogens with two attached hydrogens (primary N) is 1. The van der Waals surface area contributed by atoms with Gasteiger partial charge in [-0.1, -0.05) is 23.7 Å². The van der Waals surface area contributed by atoms with Crippen LogP contribution in [0.25, 0.3) is 0 Å². The number of piperidine rings is 1. The van der Waals surface area contributed by atoms with Crippen molar-refractivity contribution in [3.63, 3.8) is 0 Å². The molecule has 5 heteroatoms. The van der Waals surface area contributed by atoms with E-state index in [2.05, 4.69) is 21.8 Å². The molecule has 2 aliphatic rings. The number of anilines is 1. The molecule has 0 aromatic heterocycles. The Labute approximate surface area is 118 Å². The monoisotopic (exact) mass is 278 g/mol. The fraction of sp³-hybridized carbons (Fsp3) is 0.500. The van der Waals surface area contributed by atoms with E-state index < -0.39 is 0 Å². The maximum atomic E-state index is 6.34. The highest BCUT2D eigenvalue weighted by molar-refractivity contribution is 6.34. The Bertz CT molecular complexity index is 506. The number of hydrogen-bond acceptors (Lipinski definition) is 4. The first kappa shape index (κ1) is 12.8. The predicted octanol–water partition coefficient (Wildman–Crippen LogP) is 1.94. The third-order valence-electron chi connectivity index (χ3n) is 4.25. The van der Waals surface area contributed by atoms with Crippen LogP contribution in [0.15, 0.2) is 29.3 Å². The van der Waals surface area contributed by atoms with Crippen molar-refractivity contribution in [2.24, 2.45) is 10.7 Å². The summed E-state index contributed by atoms with van der Waals surface area (Å²) < 4.78 is 0. The molecule has 2 heterocycles. The minimum atomic E-state index is 0.0155.